The summed E-state index contributed by atoms with van der Waals surface area (Å²) in [5, 5.41) is 13.7. The van der Waals surface area contributed by atoms with Gasteiger partial charge in [-0.1, -0.05) is 35.5 Å². The van der Waals surface area contributed by atoms with Gasteiger partial charge in [0, 0.05) is 38.2 Å². The Bertz CT molecular complexity index is 1360. The second-order valence-corrected chi connectivity index (χ2v) is 10.0. The van der Waals surface area contributed by atoms with E-state index in [0.717, 1.165) is 30.0 Å². The van der Waals surface area contributed by atoms with Crippen LogP contribution in [0.5, 0.6) is 5.75 Å². The first-order valence-electron chi connectivity index (χ1n) is 13.2. The van der Waals surface area contributed by atoms with E-state index in [1.165, 1.54) is 0 Å². The van der Waals surface area contributed by atoms with E-state index >= 15 is 0 Å². The molecule has 10 nitrogen and oxygen atoms in total. The molecule has 0 bridgehead atoms. The average molecular weight is 562 g/mol. The first-order valence-corrected chi connectivity index (χ1v) is 14.1. The Kier molecular flexibility index (Phi) is 9.51. The van der Waals surface area contributed by atoms with Crippen LogP contribution >= 0.6 is 11.3 Å². The largest absolute Gasteiger partial charge is 0.492 e. The highest BCUT2D eigenvalue weighted by atomic mass is 32.1. The standard InChI is InChI=1S/C29H31N5O5S/c35-28(22-8-6-21(7-9-22)23-11-17-40-20-23)30-12-10-26-32-27(33-39-26)29(36)31-18-24(34-13-15-37-16-14-34)19-38-25-4-2-1-3-5-25/h1-9,11,17,20,24H,10,12-16,18-19H2,(H,30,35)(H,31,36). The quantitative estimate of drug-likeness (QED) is 0.271. The van der Waals surface area contributed by atoms with Gasteiger partial charge in [-0.05, 0) is 52.2 Å². The third-order valence-corrected chi connectivity index (χ3v) is 7.23. The molecular formula is C29H31N5O5S. The minimum Gasteiger partial charge on any atom is -0.492 e. The van der Waals surface area contributed by atoms with Crippen molar-refractivity contribution in [3.05, 3.63) is 88.7 Å². The lowest BCUT2D eigenvalue weighted by Crippen LogP contribution is -2.51. The Balaban J connectivity index is 1.08. The molecule has 1 unspecified atom stereocenters. The van der Waals surface area contributed by atoms with Crippen LogP contribution in [0.3, 0.4) is 0 Å². The number of rotatable bonds is 12. The molecule has 2 amide bonds. The van der Waals surface area contributed by atoms with Crippen molar-refractivity contribution in [3.63, 3.8) is 0 Å². The number of carbonyl (C=O) groups is 2. The Hall–Kier alpha value is -4.06. The van der Waals surface area contributed by atoms with Crippen molar-refractivity contribution in [2.75, 3.05) is 46.0 Å². The maximum atomic E-state index is 12.7. The molecule has 4 aromatic rings. The monoisotopic (exact) mass is 561 g/mol. The van der Waals surface area contributed by atoms with Gasteiger partial charge in [0.25, 0.3) is 17.6 Å². The molecule has 3 heterocycles. The molecular weight excluding hydrogens is 530 g/mol. The molecule has 11 heteroatoms. The third kappa shape index (κ3) is 7.53. The van der Waals surface area contributed by atoms with Crippen LogP contribution in [0.25, 0.3) is 11.1 Å². The van der Waals surface area contributed by atoms with Crippen LogP contribution in [0.2, 0.25) is 0 Å². The molecule has 1 aliphatic heterocycles. The highest BCUT2D eigenvalue weighted by Gasteiger charge is 2.24. The number of benzene rings is 2. The van der Waals surface area contributed by atoms with Gasteiger partial charge in [-0.3, -0.25) is 14.5 Å². The summed E-state index contributed by atoms with van der Waals surface area (Å²) < 4.78 is 16.7. The van der Waals surface area contributed by atoms with Gasteiger partial charge in [-0.15, -0.1) is 0 Å². The summed E-state index contributed by atoms with van der Waals surface area (Å²) in [5.41, 5.74) is 2.76. The maximum Gasteiger partial charge on any atom is 0.292 e. The van der Waals surface area contributed by atoms with Gasteiger partial charge in [-0.2, -0.15) is 16.3 Å². The van der Waals surface area contributed by atoms with Crippen molar-refractivity contribution in [2.45, 2.75) is 12.5 Å². The fourth-order valence-corrected chi connectivity index (χ4v) is 4.98. The molecule has 2 aromatic carbocycles. The summed E-state index contributed by atoms with van der Waals surface area (Å²) in [4.78, 5) is 31.7. The number of hydrogen-bond acceptors (Lipinski definition) is 9. The molecule has 0 radical (unpaired) electrons. The van der Waals surface area contributed by atoms with Crippen LogP contribution in [0.4, 0.5) is 0 Å². The first kappa shape index (κ1) is 27.5. The first-order chi connectivity index (χ1) is 19.7. The topological polar surface area (TPSA) is 119 Å². The van der Waals surface area contributed by atoms with Crippen molar-refractivity contribution in [1.29, 1.82) is 0 Å². The van der Waals surface area contributed by atoms with Gasteiger partial charge in [0.05, 0.1) is 19.3 Å². The van der Waals surface area contributed by atoms with Crippen LogP contribution < -0.4 is 15.4 Å². The number of amides is 2. The van der Waals surface area contributed by atoms with Crippen molar-refractivity contribution < 1.29 is 23.6 Å². The number of nitrogens with one attached hydrogen (secondary N) is 2. The van der Waals surface area contributed by atoms with Gasteiger partial charge < -0.3 is 24.6 Å². The van der Waals surface area contributed by atoms with Gasteiger partial charge >= 0.3 is 0 Å². The maximum absolute atomic E-state index is 12.7. The van der Waals surface area contributed by atoms with Crippen LogP contribution in [0.15, 0.2) is 75.9 Å². The molecule has 208 valence electrons. The smallest absolute Gasteiger partial charge is 0.292 e. The minimum absolute atomic E-state index is 0.0462. The van der Waals surface area contributed by atoms with Crippen LogP contribution in [0.1, 0.15) is 26.9 Å². The molecule has 1 saturated heterocycles. The van der Waals surface area contributed by atoms with Gasteiger partial charge in [0.1, 0.15) is 12.4 Å². The SMILES string of the molecule is O=C(NCCc1nc(C(=O)NCC(COc2ccccc2)N2CCOCC2)no1)c1ccc(-c2ccsc2)cc1. The number of morpholine rings is 1. The third-order valence-electron chi connectivity index (χ3n) is 6.54. The molecule has 2 N–H and O–H groups in total. The molecule has 0 spiro atoms. The Morgan fingerprint density at radius 3 is 2.52 bits per heavy atom. The van der Waals surface area contributed by atoms with Crippen LogP contribution in [-0.4, -0.2) is 78.9 Å². The van der Waals surface area contributed by atoms with Crippen LogP contribution in [-0.2, 0) is 11.2 Å². The van der Waals surface area contributed by atoms with Gasteiger partial charge in [0.2, 0.25) is 5.89 Å². The highest BCUT2D eigenvalue weighted by molar-refractivity contribution is 7.08. The average Bonchev–Trinajstić information content (AvgIpc) is 3.71. The zero-order chi connectivity index (χ0) is 27.6. The minimum atomic E-state index is -0.428. The molecule has 1 atom stereocenters. The Morgan fingerprint density at radius 2 is 1.77 bits per heavy atom. The van der Waals surface area contributed by atoms with Crippen molar-refractivity contribution in [1.82, 2.24) is 25.7 Å². The molecule has 40 heavy (non-hydrogen) atoms. The number of hydrogen-bond donors (Lipinski definition) is 2. The molecule has 1 fully saturated rings. The van der Waals surface area contributed by atoms with E-state index in [2.05, 4.69) is 31.1 Å². The second kappa shape index (κ2) is 13.8. The van der Waals surface area contributed by atoms with Crippen LogP contribution in [0, 0.1) is 0 Å². The molecule has 1 aliphatic rings. The van der Waals surface area contributed by atoms with E-state index in [-0.39, 0.29) is 23.7 Å². The van der Waals surface area contributed by atoms with E-state index in [0.29, 0.717) is 44.9 Å². The summed E-state index contributed by atoms with van der Waals surface area (Å²) in [5.74, 6) is 0.381. The number of para-hydroxylation sites is 1. The summed E-state index contributed by atoms with van der Waals surface area (Å²) in [6, 6.07) is 19.0. The molecule has 0 saturated carbocycles. The number of carbonyl (C=O) groups excluding carboxylic acids is 2. The number of nitrogens with zero attached hydrogens (tertiary/aromatic N) is 3. The molecule has 0 aliphatic carbocycles. The predicted molar refractivity (Wildman–Crippen MR) is 151 cm³/mol. The summed E-state index contributed by atoms with van der Waals surface area (Å²) in [6.07, 6.45) is 0.306. The second-order valence-electron chi connectivity index (χ2n) is 9.24. The molecule has 2 aromatic heterocycles. The lowest BCUT2D eigenvalue weighted by molar-refractivity contribution is 0.00641. The highest BCUT2D eigenvalue weighted by Crippen LogP contribution is 2.22. The predicted octanol–water partition coefficient (Wildman–Crippen LogP) is 3.28. The summed E-state index contributed by atoms with van der Waals surface area (Å²) >= 11 is 1.63. The van der Waals surface area contributed by atoms with E-state index in [1.807, 2.05) is 53.9 Å². The summed E-state index contributed by atoms with van der Waals surface area (Å²) in [7, 11) is 0. The normalized spacial score (nSPS) is 14.4. The Labute approximate surface area is 236 Å². The lowest BCUT2D eigenvalue weighted by atomic mass is 10.1. The number of ether oxygens (including phenoxy) is 2. The Morgan fingerprint density at radius 1 is 0.975 bits per heavy atom. The summed E-state index contributed by atoms with van der Waals surface area (Å²) in [6.45, 7) is 3.87. The fraction of sp³-hybridized carbons (Fsp3) is 0.310. The zero-order valence-corrected chi connectivity index (χ0v) is 22.8. The number of aromatic nitrogens is 2. The molecule has 5 rings (SSSR count). The van der Waals surface area contributed by atoms with E-state index in [9.17, 15) is 9.59 Å². The van der Waals surface area contributed by atoms with Gasteiger partial charge in [-0.25, -0.2) is 0 Å². The van der Waals surface area contributed by atoms with Crippen molar-refractivity contribution in [3.8, 4) is 16.9 Å². The van der Waals surface area contributed by atoms with Crippen molar-refractivity contribution in [2.24, 2.45) is 0 Å². The van der Waals surface area contributed by atoms with E-state index < -0.39 is 5.91 Å². The van der Waals surface area contributed by atoms with Gasteiger partial charge in [0.15, 0.2) is 0 Å². The lowest BCUT2D eigenvalue weighted by Gasteiger charge is -2.34. The number of thiophene rings is 1. The zero-order valence-electron chi connectivity index (χ0n) is 22.0. The van der Waals surface area contributed by atoms with Crippen molar-refractivity contribution >= 4 is 23.2 Å². The van der Waals surface area contributed by atoms with E-state index in [4.69, 9.17) is 14.0 Å². The fourth-order valence-electron chi connectivity index (χ4n) is 4.31. The van der Waals surface area contributed by atoms with E-state index in [1.54, 1.807) is 23.5 Å².